The highest BCUT2D eigenvalue weighted by atomic mass is 32.2. The lowest BCUT2D eigenvalue weighted by molar-refractivity contribution is -0.113. The van der Waals surface area contributed by atoms with E-state index in [4.69, 9.17) is 4.74 Å². The summed E-state index contributed by atoms with van der Waals surface area (Å²) < 4.78 is 7.36. The second-order valence-corrected chi connectivity index (χ2v) is 7.35. The molecular formula is C21H24N4O2S. The predicted molar refractivity (Wildman–Crippen MR) is 113 cm³/mol. The lowest BCUT2D eigenvalue weighted by Gasteiger charge is -2.10. The number of carbonyl (C=O) groups excluding carboxylic acids is 1. The van der Waals surface area contributed by atoms with Gasteiger partial charge in [-0.05, 0) is 62.2 Å². The number of amides is 1. The van der Waals surface area contributed by atoms with Gasteiger partial charge in [-0.1, -0.05) is 23.9 Å². The Bertz CT molecular complexity index is 967. The highest BCUT2D eigenvalue weighted by molar-refractivity contribution is 7.99. The monoisotopic (exact) mass is 396 g/mol. The Morgan fingerprint density at radius 2 is 1.89 bits per heavy atom. The third-order valence-corrected chi connectivity index (χ3v) is 5.49. The van der Waals surface area contributed by atoms with Crippen LogP contribution in [0.1, 0.15) is 18.1 Å². The summed E-state index contributed by atoms with van der Waals surface area (Å²) >= 11 is 1.36. The molecule has 1 heterocycles. The van der Waals surface area contributed by atoms with Crippen LogP contribution in [0, 0.1) is 13.8 Å². The Balaban J connectivity index is 1.64. The van der Waals surface area contributed by atoms with Gasteiger partial charge in [-0.25, -0.2) is 0 Å². The van der Waals surface area contributed by atoms with E-state index in [2.05, 4.69) is 15.5 Å². The van der Waals surface area contributed by atoms with Crippen LogP contribution in [0.4, 0.5) is 5.69 Å². The van der Waals surface area contributed by atoms with Gasteiger partial charge in [0.05, 0.1) is 12.4 Å². The van der Waals surface area contributed by atoms with Crippen molar-refractivity contribution >= 4 is 23.4 Å². The largest absolute Gasteiger partial charge is 0.494 e. The molecule has 3 rings (SSSR count). The second-order valence-electron chi connectivity index (χ2n) is 6.41. The molecule has 0 spiro atoms. The minimum atomic E-state index is -0.0654. The molecule has 3 aromatic rings. The molecule has 1 N–H and O–H groups in total. The molecule has 0 saturated heterocycles. The normalized spacial score (nSPS) is 10.7. The van der Waals surface area contributed by atoms with Crippen LogP contribution in [0.15, 0.2) is 47.6 Å². The van der Waals surface area contributed by atoms with Crippen LogP contribution in [-0.4, -0.2) is 33.0 Å². The summed E-state index contributed by atoms with van der Waals surface area (Å²) in [6.45, 7) is 6.62. The van der Waals surface area contributed by atoms with Crippen molar-refractivity contribution in [3.8, 4) is 17.1 Å². The standard InChI is InChI=1S/C21H24N4O2S/c1-5-27-17-11-9-16(10-12-17)20-23-24-21(25(20)4)28-13-19(26)22-18-8-6-7-14(2)15(18)3/h6-12H,5,13H2,1-4H3,(H,22,26). The number of thioether (sulfide) groups is 1. The van der Waals surface area contributed by atoms with E-state index >= 15 is 0 Å². The minimum absolute atomic E-state index is 0.0654. The maximum Gasteiger partial charge on any atom is 0.234 e. The summed E-state index contributed by atoms with van der Waals surface area (Å²) in [7, 11) is 1.90. The lowest BCUT2D eigenvalue weighted by Crippen LogP contribution is -2.15. The van der Waals surface area contributed by atoms with Gasteiger partial charge in [-0.2, -0.15) is 0 Å². The van der Waals surface area contributed by atoms with Crippen molar-refractivity contribution in [1.82, 2.24) is 14.8 Å². The number of rotatable bonds is 7. The Kier molecular flexibility index (Phi) is 6.36. The van der Waals surface area contributed by atoms with Crippen molar-refractivity contribution in [3.63, 3.8) is 0 Å². The fraction of sp³-hybridized carbons (Fsp3) is 0.286. The quantitative estimate of drug-likeness (QED) is 0.605. The average molecular weight is 397 g/mol. The van der Waals surface area contributed by atoms with Gasteiger partial charge in [0, 0.05) is 18.3 Å². The van der Waals surface area contributed by atoms with Crippen LogP contribution in [0.25, 0.3) is 11.4 Å². The van der Waals surface area contributed by atoms with Gasteiger partial charge in [0.15, 0.2) is 11.0 Å². The Hall–Kier alpha value is -2.80. The number of aromatic nitrogens is 3. The summed E-state index contributed by atoms with van der Waals surface area (Å²) in [6.07, 6.45) is 0. The van der Waals surface area contributed by atoms with Crippen molar-refractivity contribution in [2.75, 3.05) is 17.7 Å². The van der Waals surface area contributed by atoms with Gasteiger partial charge in [0.25, 0.3) is 0 Å². The number of aryl methyl sites for hydroxylation is 1. The molecule has 0 bridgehead atoms. The van der Waals surface area contributed by atoms with E-state index in [1.165, 1.54) is 11.8 Å². The molecule has 0 aliphatic heterocycles. The topological polar surface area (TPSA) is 69.0 Å². The van der Waals surface area contributed by atoms with Gasteiger partial charge in [-0.15, -0.1) is 10.2 Å². The number of anilines is 1. The predicted octanol–water partition coefficient (Wildman–Crippen LogP) is 4.23. The van der Waals surface area contributed by atoms with E-state index in [0.29, 0.717) is 11.8 Å². The summed E-state index contributed by atoms with van der Waals surface area (Å²) in [5.41, 5.74) is 4.03. The van der Waals surface area contributed by atoms with Gasteiger partial charge < -0.3 is 14.6 Å². The molecule has 0 radical (unpaired) electrons. The summed E-state index contributed by atoms with van der Waals surface area (Å²) in [6, 6.07) is 13.6. The second kappa shape index (κ2) is 8.93. The number of ether oxygens (including phenoxy) is 1. The first-order valence-electron chi connectivity index (χ1n) is 9.11. The summed E-state index contributed by atoms with van der Waals surface area (Å²) in [5.74, 6) is 1.78. The van der Waals surface area contributed by atoms with Crippen LogP contribution < -0.4 is 10.1 Å². The fourth-order valence-electron chi connectivity index (χ4n) is 2.76. The van der Waals surface area contributed by atoms with Crippen LogP contribution in [0.5, 0.6) is 5.75 Å². The smallest absolute Gasteiger partial charge is 0.234 e. The molecule has 0 fully saturated rings. The number of hydrogen-bond acceptors (Lipinski definition) is 5. The number of carbonyl (C=O) groups is 1. The zero-order valence-corrected chi connectivity index (χ0v) is 17.3. The maximum atomic E-state index is 12.3. The molecule has 0 aliphatic rings. The van der Waals surface area contributed by atoms with Crippen molar-refractivity contribution in [2.45, 2.75) is 25.9 Å². The molecule has 1 amide bonds. The van der Waals surface area contributed by atoms with Gasteiger partial charge in [0.1, 0.15) is 5.75 Å². The van der Waals surface area contributed by atoms with Gasteiger partial charge in [0.2, 0.25) is 5.91 Å². The van der Waals surface area contributed by atoms with E-state index in [1.807, 2.05) is 74.9 Å². The molecule has 0 unspecified atom stereocenters. The van der Waals surface area contributed by atoms with Crippen molar-refractivity contribution in [1.29, 1.82) is 0 Å². The van der Waals surface area contributed by atoms with Crippen LogP contribution in [0.3, 0.4) is 0 Å². The molecule has 6 nitrogen and oxygen atoms in total. The van der Waals surface area contributed by atoms with E-state index in [-0.39, 0.29) is 11.7 Å². The summed E-state index contributed by atoms with van der Waals surface area (Å²) in [4.78, 5) is 12.3. The Morgan fingerprint density at radius 1 is 1.14 bits per heavy atom. The molecule has 2 aromatic carbocycles. The van der Waals surface area contributed by atoms with Crippen molar-refractivity contribution < 1.29 is 9.53 Å². The van der Waals surface area contributed by atoms with Crippen molar-refractivity contribution in [2.24, 2.45) is 7.05 Å². The maximum absolute atomic E-state index is 12.3. The number of benzene rings is 2. The minimum Gasteiger partial charge on any atom is -0.494 e. The highest BCUT2D eigenvalue weighted by Crippen LogP contribution is 2.25. The van der Waals surface area contributed by atoms with E-state index in [1.54, 1.807) is 0 Å². The zero-order chi connectivity index (χ0) is 20.1. The molecule has 28 heavy (non-hydrogen) atoms. The Labute approximate surface area is 169 Å². The third-order valence-electron chi connectivity index (χ3n) is 4.47. The first-order chi connectivity index (χ1) is 13.5. The van der Waals surface area contributed by atoms with Crippen LogP contribution >= 0.6 is 11.8 Å². The molecule has 146 valence electrons. The van der Waals surface area contributed by atoms with E-state index in [9.17, 15) is 4.79 Å². The summed E-state index contributed by atoms with van der Waals surface area (Å²) in [5, 5.41) is 12.2. The Morgan fingerprint density at radius 3 is 2.61 bits per heavy atom. The number of nitrogens with one attached hydrogen (secondary N) is 1. The zero-order valence-electron chi connectivity index (χ0n) is 16.5. The highest BCUT2D eigenvalue weighted by Gasteiger charge is 2.14. The third kappa shape index (κ3) is 4.54. The number of nitrogens with zero attached hydrogens (tertiary/aromatic N) is 3. The number of hydrogen-bond donors (Lipinski definition) is 1. The molecule has 0 saturated carbocycles. The first-order valence-corrected chi connectivity index (χ1v) is 10.1. The fourth-order valence-corrected chi connectivity index (χ4v) is 3.47. The average Bonchev–Trinajstić information content (AvgIpc) is 3.05. The van der Waals surface area contributed by atoms with E-state index in [0.717, 1.165) is 34.0 Å². The van der Waals surface area contributed by atoms with Gasteiger partial charge in [-0.3, -0.25) is 4.79 Å². The first kappa shape index (κ1) is 19.9. The molecule has 0 atom stereocenters. The van der Waals surface area contributed by atoms with Crippen molar-refractivity contribution in [3.05, 3.63) is 53.6 Å². The molecule has 0 aliphatic carbocycles. The molecule has 7 heteroatoms. The molecular weight excluding hydrogens is 372 g/mol. The van der Waals surface area contributed by atoms with Crippen LogP contribution in [-0.2, 0) is 11.8 Å². The van der Waals surface area contributed by atoms with Gasteiger partial charge >= 0.3 is 0 Å². The van der Waals surface area contributed by atoms with E-state index < -0.39 is 0 Å². The molecule has 1 aromatic heterocycles. The van der Waals surface area contributed by atoms with Crippen LogP contribution in [0.2, 0.25) is 0 Å². The lowest BCUT2D eigenvalue weighted by atomic mass is 10.1. The SMILES string of the molecule is CCOc1ccc(-c2nnc(SCC(=O)Nc3cccc(C)c3C)n2C)cc1.